The van der Waals surface area contributed by atoms with Gasteiger partial charge in [0.05, 0.1) is 25.7 Å². The zero-order valence-electron chi connectivity index (χ0n) is 6.95. The van der Waals surface area contributed by atoms with E-state index in [4.69, 9.17) is 20.3 Å². The molecule has 0 aromatic carbocycles. The number of carbonyl (C=O) groups is 1. The molecule has 0 aliphatic carbocycles. The maximum Gasteiger partial charge on any atom is 0.305 e. The van der Waals surface area contributed by atoms with E-state index >= 15 is 0 Å². The van der Waals surface area contributed by atoms with Crippen LogP contribution in [-0.4, -0.2) is 36.1 Å². The van der Waals surface area contributed by atoms with Crippen LogP contribution in [0.4, 0.5) is 0 Å². The van der Waals surface area contributed by atoms with Crippen LogP contribution in [-0.2, 0) is 14.3 Å². The lowest BCUT2D eigenvalue weighted by Gasteiger charge is -2.27. The molecule has 0 unspecified atom stereocenters. The van der Waals surface area contributed by atoms with Gasteiger partial charge in [-0.25, -0.2) is 0 Å². The van der Waals surface area contributed by atoms with Crippen molar-refractivity contribution < 1.29 is 19.4 Å². The molecule has 1 aliphatic heterocycles. The summed E-state index contributed by atoms with van der Waals surface area (Å²) in [5, 5.41) is 8.47. The van der Waals surface area contributed by atoms with Crippen molar-refractivity contribution in [3.63, 3.8) is 0 Å². The molecule has 0 amide bonds. The van der Waals surface area contributed by atoms with Gasteiger partial charge < -0.3 is 20.3 Å². The molecule has 0 aromatic rings. The topological polar surface area (TPSA) is 81.8 Å². The molecule has 1 fully saturated rings. The highest BCUT2D eigenvalue weighted by Crippen LogP contribution is 2.23. The van der Waals surface area contributed by atoms with Crippen molar-refractivity contribution >= 4 is 5.97 Å². The maximum atomic E-state index is 10.3. The number of carboxylic acid groups (broad SMARTS) is 1. The first-order valence-corrected chi connectivity index (χ1v) is 3.80. The van der Waals surface area contributed by atoms with E-state index in [-0.39, 0.29) is 6.42 Å². The monoisotopic (exact) mass is 175 g/mol. The zero-order valence-corrected chi connectivity index (χ0v) is 6.95. The summed E-state index contributed by atoms with van der Waals surface area (Å²) < 4.78 is 10.4. The van der Waals surface area contributed by atoms with Gasteiger partial charge in [0, 0.05) is 0 Å². The second-order valence-corrected chi connectivity index (χ2v) is 2.92. The van der Waals surface area contributed by atoms with Crippen LogP contribution < -0.4 is 5.73 Å². The second-order valence-electron chi connectivity index (χ2n) is 2.92. The van der Waals surface area contributed by atoms with E-state index in [0.717, 1.165) is 0 Å². The molecule has 3 N–H and O–H groups in total. The minimum absolute atomic E-state index is 0.142. The van der Waals surface area contributed by atoms with Gasteiger partial charge in [0.2, 0.25) is 0 Å². The fraction of sp³-hybridized carbons (Fsp3) is 0.857. The first-order chi connectivity index (χ1) is 5.54. The lowest BCUT2D eigenvalue weighted by Crippen LogP contribution is -2.47. The summed E-state index contributed by atoms with van der Waals surface area (Å²) in [6.07, 6.45) is -0.142. The summed E-state index contributed by atoms with van der Waals surface area (Å²) in [5.41, 5.74) is 5.58. The Bertz CT molecular complexity index is 176. The average molecular weight is 175 g/mol. The van der Waals surface area contributed by atoms with Gasteiger partial charge >= 0.3 is 5.97 Å². The molecule has 0 radical (unpaired) electrons. The Hall–Kier alpha value is -0.650. The van der Waals surface area contributed by atoms with Crippen LogP contribution in [0.25, 0.3) is 0 Å². The van der Waals surface area contributed by atoms with Gasteiger partial charge in [-0.15, -0.1) is 0 Å². The summed E-state index contributed by atoms with van der Waals surface area (Å²) in [4.78, 5) is 10.3. The minimum atomic E-state index is -0.942. The minimum Gasteiger partial charge on any atom is -0.481 e. The van der Waals surface area contributed by atoms with Crippen LogP contribution in [0.1, 0.15) is 13.3 Å². The number of hydrogen-bond acceptors (Lipinski definition) is 4. The Morgan fingerprint density at radius 3 is 2.58 bits per heavy atom. The molecule has 0 saturated carbocycles. The number of rotatable bonds is 3. The largest absolute Gasteiger partial charge is 0.481 e. The predicted molar refractivity (Wildman–Crippen MR) is 40.5 cm³/mol. The summed E-state index contributed by atoms with van der Waals surface area (Å²) in [7, 11) is 0. The normalized spacial score (nSPS) is 23.8. The first-order valence-electron chi connectivity index (χ1n) is 3.80. The Morgan fingerprint density at radius 2 is 2.17 bits per heavy atom. The van der Waals surface area contributed by atoms with Gasteiger partial charge in [-0.1, -0.05) is 0 Å². The van der Waals surface area contributed by atoms with E-state index in [0.29, 0.717) is 13.2 Å². The molecule has 70 valence electrons. The SMILES string of the molecule is CC1([C@@H](N)CC(=O)O)OCCO1. The first kappa shape index (κ1) is 9.44. The number of aliphatic carboxylic acids is 1. The van der Waals surface area contributed by atoms with E-state index in [1.54, 1.807) is 6.92 Å². The highest BCUT2D eigenvalue weighted by atomic mass is 16.7. The smallest absolute Gasteiger partial charge is 0.305 e. The van der Waals surface area contributed by atoms with E-state index in [1.165, 1.54) is 0 Å². The van der Waals surface area contributed by atoms with Crippen molar-refractivity contribution in [1.82, 2.24) is 0 Å². The van der Waals surface area contributed by atoms with Gasteiger partial charge in [0.15, 0.2) is 5.79 Å². The molecule has 1 atom stereocenters. The summed E-state index contributed by atoms with van der Waals surface area (Å²) in [5.74, 6) is -1.86. The van der Waals surface area contributed by atoms with Crippen molar-refractivity contribution in [2.75, 3.05) is 13.2 Å². The van der Waals surface area contributed by atoms with Crippen molar-refractivity contribution in [3.05, 3.63) is 0 Å². The van der Waals surface area contributed by atoms with Gasteiger partial charge in [-0.3, -0.25) is 4.79 Å². The van der Waals surface area contributed by atoms with Gasteiger partial charge in [0.25, 0.3) is 0 Å². The third-order valence-corrected chi connectivity index (χ3v) is 1.93. The average Bonchev–Trinajstić information content (AvgIpc) is 2.36. The standard InChI is InChI=1S/C7H13NO4/c1-7(11-2-3-12-7)5(8)4-6(9)10/h5H,2-4,8H2,1H3,(H,9,10)/t5-/m0/s1. The van der Waals surface area contributed by atoms with E-state index in [9.17, 15) is 4.79 Å². The molecule has 1 aliphatic rings. The van der Waals surface area contributed by atoms with Crippen LogP contribution in [0.2, 0.25) is 0 Å². The third-order valence-electron chi connectivity index (χ3n) is 1.93. The fourth-order valence-electron chi connectivity index (χ4n) is 1.12. The summed E-state index contributed by atoms with van der Waals surface area (Å²) in [6, 6.07) is -0.613. The Kier molecular flexibility index (Phi) is 2.66. The quantitative estimate of drug-likeness (QED) is 0.607. The number of hydrogen-bond donors (Lipinski definition) is 2. The van der Waals surface area contributed by atoms with Crippen LogP contribution in [0, 0.1) is 0 Å². The fourth-order valence-corrected chi connectivity index (χ4v) is 1.12. The van der Waals surface area contributed by atoms with Gasteiger partial charge in [-0.2, -0.15) is 0 Å². The van der Waals surface area contributed by atoms with Crippen LogP contribution in [0.5, 0.6) is 0 Å². The van der Waals surface area contributed by atoms with Crippen LogP contribution in [0.3, 0.4) is 0 Å². The highest BCUT2D eigenvalue weighted by molar-refractivity contribution is 5.67. The van der Waals surface area contributed by atoms with Gasteiger partial charge in [-0.05, 0) is 6.92 Å². The maximum absolute atomic E-state index is 10.3. The summed E-state index contributed by atoms with van der Waals surface area (Å²) in [6.45, 7) is 2.61. The Balaban J connectivity index is 2.49. The molecule has 0 bridgehead atoms. The summed E-state index contributed by atoms with van der Waals surface area (Å²) >= 11 is 0. The predicted octanol–water partition coefficient (Wildman–Crippen LogP) is -0.449. The number of ether oxygens (including phenoxy) is 2. The Morgan fingerprint density at radius 1 is 1.67 bits per heavy atom. The van der Waals surface area contributed by atoms with Crippen LogP contribution in [0.15, 0.2) is 0 Å². The van der Waals surface area contributed by atoms with Crippen molar-refractivity contribution in [2.24, 2.45) is 5.73 Å². The molecule has 1 rings (SSSR count). The Labute approximate surface area is 70.4 Å². The molecule has 12 heavy (non-hydrogen) atoms. The molecular formula is C7H13NO4. The lowest BCUT2D eigenvalue weighted by atomic mass is 10.1. The van der Waals surface area contributed by atoms with Crippen molar-refractivity contribution in [3.8, 4) is 0 Å². The molecule has 5 nitrogen and oxygen atoms in total. The van der Waals surface area contributed by atoms with Crippen molar-refractivity contribution in [2.45, 2.75) is 25.2 Å². The van der Waals surface area contributed by atoms with E-state index in [1.807, 2.05) is 0 Å². The van der Waals surface area contributed by atoms with Crippen LogP contribution >= 0.6 is 0 Å². The number of carboxylic acids is 1. The number of nitrogens with two attached hydrogens (primary N) is 1. The molecule has 1 heterocycles. The lowest BCUT2D eigenvalue weighted by molar-refractivity contribution is -0.166. The van der Waals surface area contributed by atoms with Crippen molar-refractivity contribution in [1.29, 1.82) is 0 Å². The molecule has 5 heteroatoms. The molecular weight excluding hydrogens is 162 g/mol. The van der Waals surface area contributed by atoms with Gasteiger partial charge in [0.1, 0.15) is 0 Å². The highest BCUT2D eigenvalue weighted by Gasteiger charge is 2.38. The van der Waals surface area contributed by atoms with E-state index in [2.05, 4.69) is 0 Å². The molecule has 0 aromatic heterocycles. The second kappa shape index (κ2) is 3.38. The third kappa shape index (κ3) is 1.94. The molecule has 1 saturated heterocycles. The van der Waals surface area contributed by atoms with E-state index < -0.39 is 17.8 Å². The molecule has 0 spiro atoms. The zero-order chi connectivity index (χ0) is 9.19.